The predicted octanol–water partition coefficient (Wildman–Crippen LogP) is 3.55. The van der Waals surface area contributed by atoms with E-state index in [1.54, 1.807) is 17.4 Å². The average molecular weight is 495 g/mol. The summed E-state index contributed by atoms with van der Waals surface area (Å²) in [6.45, 7) is 5.79. The van der Waals surface area contributed by atoms with Crippen LogP contribution >= 0.6 is 46.9 Å². The molecular weight excluding hydrogens is 471 g/mol. The van der Waals surface area contributed by atoms with Gasteiger partial charge in [0.2, 0.25) is 0 Å². The number of aromatic nitrogens is 1. The van der Waals surface area contributed by atoms with Crippen molar-refractivity contribution in [2.24, 2.45) is 4.99 Å². The number of benzene rings is 1. The largest absolute Gasteiger partial charge is 0.386 e. The van der Waals surface area contributed by atoms with Gasteiger partial charge in [-0.2, -0.15) is 0 Å². The third kappa shape index (κ3) is 7.47. The molecule has 0 spiro atoms. The molecule has 0 radical (unpaired) electrons. The van der Waals surface area contributed by atoms with Gasteiger partial charge in [0.05, 0.1) is 11.6 Å². The lowest BCUT2D eigenvalue weighted by Gasteiger charge is -2.13. The molecule has 8 heteroatoms. The van der Waals surface area contributed by atoms with E-state index in [-0.39, 0.29) is 30.5 Å². The lowest BCUT2D eigenvalue weighted by Crippen LogP contribution is -2.38. The molecule has 1 atom stereocenters. The van der Waals surface area contributed by atoms with Gasteiger partial charge >= 0.3 is 0 Å². The molecule has 25 heavy (non-hydrogen) atoms. The van der Waals surface area contributed by atoms with Crippen LogP contribution < -0.4 is 10.6 Å². The number of rotatable bonds is 7. The topological polar surface area (TPSA) is 69.5 Å². The number of nitrogens with zero attached hydrogens (tertiary/aromatic N) is 2. The van der Waals surface area contributed by atoms with E-state index in [0.717, 1.165) is 24.5 Å². The fourth-order valence-corrected chi connectivity index (χ4v) is 3.22. The van der Waals surface area contributed by atoms with E-state index in [1.165, 1.54) is 4.88 Å². The molecule has 0 fully saturated rings. The summed E-state index contributed by atoms with van der Waals surface area (Å²) in [5, 5.41) is 18.4. The summed E-state index contributed by atoms with van der Waals surface area (Å²) in [6, 6.07) is 7.28. The molecule has 1 aromatic carbocycles. The molecule has 2 aromatic rings. The molecule has 0 aliphatic heterocycles. The smallest absolute Gasteiger partial charge is 0.191 e. The van der Waals surface area contributed by atoms with Crippen LogP contribution in [-0.2, 0) is 6.42 Å². The Morgan fingerprint density at radius 2 is 2.12 bits per heavy atom. The van der Waals surface area contributed by atoms with Gasteiger partial charge < -0.3 is 15.7 Å². The third-order valence-corrected chi connectivity index (χ3v) is 4.65. The molecule has 3 N–H and O–H groups in total. The van der Waals surface area contributed by atoms with Crippen LogP contribution in [0.5, 0.6) is 0 Å². The molecule has 0 aliphatic rings. The Morgan fingerprint density at radius 3 is 2.76 bits per heavy atom. The van der Waals surface area contributed by atoms with Crippen molar-refractivity contribution in [2.45, 2.75) is 26.4 Å². The zero-order valence-electron chi connectivity index (χ0n) is 14.3. The Labute approximate surface area is 175 Å². The first-order valence-corrected chi connectivity index (χ1v) is 9.15. The van der Waals surface area contributed by atoms with Crippen LogP contribution in [0.2, 0.25) is 5.02 Å². The van der Waals surface area contributed by atoms with Crippen LogP contribution in [-0.4, -0.2) is 35.7 Å². The van der Waals surface area contributed by atoms with Gasteiger partial charge in [-0.3, -0.25) is 4.99 Å². The first-order chi connectivity index (χ1) is 11.6. The lowest BCUT2D eigenvalue weighted by molar-refractivity contribution is 0.187. The molecular formula is C17H24ClIN4OS. The monoisotopic (exact) mass is 494 g/mol. The molecule has 0 bridgehead atoms. The van der Waals surface area contributed by atoms with Crippen LogP contribution in [0.1, 0.15) is 28.5 Å². The first-order valence-electron chi connectivity index (χ1n) is 7.96. The zero-order valence-corrected chi connectivity index (χ0v) is 18.2. The van der Waals surface area contributed by atoms with Gasteiger partial charge in [-0.05, 0) is 19.9 Å². The molecule has 2 rings (SSSR count). The number of hydrogen-bond donors (Lipinski definition) is 3. The Morgan fingerprint density at radius 1 is 1.36 bits per heavy atom. The number of aliphatic hydroxyl groups excluding tert-OH is 1. The molecule has 0 saturated carbocycles. The van der Waals surface area contributed by atoms with Crippen LogP contribution in [0.3, 0.4) is 0 Å². The summed E-state index contributed by atoms with van der Waals surface area (Å²) < 4.78 is 0. The van der Waals surface area contributed by atoms with Gasteiger partial charge in [0.1, 0.15) is 6.10 Å². The average Bonchev–Trinajstić information content (AvgIpc) is 2.98. The van der Waals surface area contributed by atoms with Gasteiger partial charge in [0.15, 0.2) is 5.96 Å². The normalized spacial score (nSPS) is 12.4. The molecule has 1 aromatic heterocycles. The quantitative estimate of drug-likeness (QED) is 0.313. The molecule has 1 unspecified atom stereocenters. The van der Waals surface area contributed by atoms with Crippen molar-refractivity contribution in [3.63, 3.8) is 0 Å². The summed E-state index contributed by atoms with van der Waals surface area (Å²) >= 11 is 7.81. The first kappa shape index (κ1) is 22.1. The van der Waals surface area contributed by atoms with Crippen LogP contribution in [0.25, 0.3) is 0 Å². The second-order valence-corrected chi connectivity index (χ2v) is 7.02. The molecule has 0 amide bonds. The van der Waals surface area contributed by atoms with E-state index >= 15 is 0 Å². The summed E-state index contributed by atoms with van der Waals surface area (Å²) in [6.07, 6.45) is 2.01. The predicted molar refractivity (Wildman–Crippen MR) is 116 cm³/mol. The SMILES string of the molecule is CCNC(=NCC(O)c1ccccc1Cl)NCCc1ncc(C)s1.I. The zero-order chi connectivity index (χ0) is 17.4. The van der Waals surface area contributed by atoms with Crippen molar-refractivity contribution in [3.05, 3.63) is 50.9 Å². The molecule has 138 valence electrons. The molecule has 1 heterocycles. The van der Waals surface area contributed by atoms with Gasteiger partial charge in [-0.15, -0.1) is 35.3 Å². The Balaban J connectivity index is 0.00000312. The van der Waals surface area contributed by atoms with Crippen LogP contribution in [0, 0.1) is 6.92 Å². The maximum atomic E-state index is 10.3. The number of aliphatic hydroxyl groups is 1. The van der Waals surface area contributed by atoms with Crippen molar-refractivity contribution in [1.29, 1.82) is 0 Å². The lowest BCUT2D eigenvalue weighted by atomic mass is 10.1. The number of hydrogen-bond acceptors (Lipinski definition) is 4. The summed E-state index contributed by atoms with van der Waals surface area (Å²) in [5.41, 5.74) is 0.692. The number of aryl methyl sites for hydroxylation is 1. The number of aliphatic imine (C=N–C) groups is 1. The standard InChI is InChI=1S/C17H23ClN4OS.HI/c1-3-19-17(20-9-8-16-21-10-12(2)24-16)22-11-15(23)13-6-4-5-7-14(13)18;/h4-7,10,15,23H,3,8-9,11H2,1-2H3,(H2,19,20,22);1H. The van der Waals surface area contributed by atoms with Crippen molar-refractivity contribution >= 4 is 52.9 Å². The van der Waals surface area contributed by atoms with Crippen molar-refractivity contribution in [3.8, 4) is 0 Å². The van der Waals surface area contributed by atoms with E-state index in [0.29, 0.717) is 16.5 Å². The van der Waals surface area contributed by atoms with Crippen molar-refractivity contribution in [2.75, 3.05) is 19.6 Å². The maximum Gasteiger partial charge on any atom is 0.191 e. The third-order valence-electron chi connectivity index (χ3n) is 3.33. The summed E-state index contributed by atoms with van der Waals surface area (Å²) in [5.74, 6) is 0.678. The van der Waals surface area contributed by atoms with E-state index in [9.17, 15) is 5.11 Å². The highest BCUT2D eigenvalue weighted by Gasteiger charge is 2.10. The number of nitrogens with one attached hydrogen (secondary N) is 2. The molecule has 0 saturated heterocycles. The fourth-order valence-electron chi connectivity index (χ4n) is 2.17. The highest BCUT2D eigenvalue weighted by atomic mass is 127. The van der Waals surface area contributed by atoms with Crippen molar-refractivity contribution < 1.29 is 5.11 Å². The molecule has 0 aliphatic carbocycles. The minimum Gasteiger partial charge on any atom is -0.386 e. The number of thiazole rings is 1. The maximum absolute atomic E-state index is 10.3. The van der Waals surface area contributed by atoms with E-state index in [4.69, 9.17) is 11.6 Å². The van der Waals surface area contributed by atoms with E-state index in [1.807, 2.05) is 31.3 Å². The minimum atomic E-state index is -0.726. The minimum absolute atomic E-state index is 0. The second kappa shape index (κ2) is 11.7. The summed E-state index contributed by atoms with van der Waals surface area (Å²) in [7, 11) is 0. The van der Waals surface area contributed by atoms with Crippen LogP contribution in [0.4, 0.5) is 0 Å². The van der Waals surface area contributed by atoms with Gasteiger partial charge in [-0.25, -0.2) is 4.98 Å². The second-order valence-electron chi connectivity index (χ2n) is 5.30. The highest BCUT2D eigenvalue weighted by molar-refractivity contribution is 14.0. The fraction of sp³-hybridized carbons (Fsp3) is 0.412. The number of guanidine groups is 1. The highest BCUT2D eigenvalue weighted by Crippen LogP contribution is 2.22. The molecule has 5 nitrogen and oxygen atoms in total. The van der Waals surface area contributed by atoms with Gasteiger partial charge in [-0.1, -0.05) is 29.8 Å². The van der Waals surface area contributed by atoms with Gasteiger partial charge in [0.25, 0.3) is 0 Å². The van der Waals surface area contributed by atoms with Crippen molar-refractivity contribution in [1.82, 2.24) is 15.6 Å². The summed E-state index contributed by atoms with van der Waals surface area (Å²) in [4.78, 5) is 10.00. The Kier molecular flexibility index (Phi) is 10.3. The van der Waals surface area contributed by atoms with E-state index < -0.39 is 6.10 Å². The Bertz CT molecular complexity index is 680. The Hall–Kier alpha value is -0.900. The van der Waals surface area contributed by atoms with E-state index in [2.05, 4.69) is 27.5 Å². The number of halogens is 2. The van der Waals surface area contributed by atoms with Crippen LogP contribution in [0.15, 0.2) is 35.5 Å². The van der Waals surface area contributed by atoms with Gasteiger partial charge in [0, 0.05) is 41.2 Å².